The summed E-state index contributed by atoms with van der Waals surface area (Å²) in [6.07, 6.45) is 4.63. The van der Waals surface area contributed by atoms with E-state index in [2.05, 4.69) is 12.0 Å². The van der Waals surface area contributed by atoms with Crippen LogP contribution in [0.1, 0.15) is 32.6 Å². The summed E-state index contributed by atoms with van der Waals surface area (Å²) in [6, 6.07) is 0. The highest BCUT2D eigenvalue weighted by Crippen LogP contribution is 2.02. The molecule has 12 heavy (non-hydrogen) atoms. The third kappa shape index (κ3) is 7.86. The molecule has 2 nitrogen and oxygen atoms in total. The van der Waals surface area contributed by atoms with Gasteiger partial charge in [0.25, 0.3) is 0 Å². The van der Waals surface area contributed by atoms with Crippen LogP contribution in [0.2, 0.25) is 0 Å². The zero-order valence-electron chi connectivity index (χ0n) is 8.31. The third-order valence-electron chi connectivity index (χ3n) is 1.54. The molecule has 0 aliphatic heterocycles. The largest absolute Gasteiger partial charge is 0.303 e. The molecule has 0 aromatic rings. The molecule has 0 atom stereocenters. The van der Waals surface area contributed by atoms with Gasteiger partial charge >= 0.3 is 0 Å². The van der Waals surface area contributed by atoms with E-state index >= 15 is 0 Å². The second-order valence-corrected chi connectivity index (χ2v) is 3.56. The molecule has 0 bridgehead atoms. The van der Waals surface area contributed by atoms with Gasteiger partial charge in [-0.1, -0.05) is 6.42 Å². The van der Waals surface area contributed by atoms with Gasteiger partial charge in [-0.2, -0.15) is 5.10 Å². The standard InChI is InChI=1S/C9H19ClN2/c1-9(11-12(2)3)7-5-4-6-8-10/h4-8H2,1-3H3/b11-9+. The molecule has 0 heterocycles. The van der Waals surface area contributed by atoms with Gasteiger partial charge in [0.2, 0.25) is 0 Å². The molecule has 0 aliphatic carbocycles. The van der Waals surface area contributed by atoms with E-state index in [0.717, 1.165) is 18.7 Å². The molecule has 0 rings (SSSR count). The van der Waals surface area contributed by atoms with Crippen LogP contribution in [0.3, 0.4) is 0 Å². The van der Waals surface area contributed by atoms with Crippen LogP contribution in [0.4, 0.5) is 0 Å². The van der Waals surface area contributed by atoms with Crippen molar-refractivity contribution >= 4 is 17.3 Å². The Bertz CT molecular complexity index is 132. The number of hydrazone groups is 1. The van der Waals surface area contributed by atoms with E-state index in [1.165, 1.54) is 18.6 Å². The zero-order chi connectivity index (χ0) is 9.40. The van der Waals surface area contributed by atoms with Crippen molar-refractivity contribution in [1.29, 1.82) is 0 Å². The minimum atomic E-state index is 0.782. The van der Waals surface area contributed by atoms with Crippen LogP contribution in [0, 0.1) is 0 Å². The van der Waals surface area contributed by atoms with E-state index < -0.39 is 0 Å². The van der Waals surface area contributed by atoms with Crippen molar-refractivity contribution in [2.75, 3.05) is 20.0 Å². The molecule has 0 unspecified atom stereocenters. The summed E-state index contributed by atoms with van der Waals surface area (Å²) in [7, 11) is 3.89. The van der Waals surface area contributed by atoms with Crippen LogP contribution < -0.4 is 0 Å². The molecule has 0 aromatic heterocycles. The number of hydrogen-bond donors (Lipinski definition) is 0. The van der Waals surface area contributed by atoms with Crippen LogP contribution in [0.15, 0.2) is 5.10 Å². The van der Waals surface area contributed by atoms with Crippen LogP contribution in [0.5, 0.6) is 0 Å². The second-order valence-electron chi connectivity index (χ2n) is 3.18. The zero-order valence-corrected chi connectivity index (χ0v) is 9.06. The molecule has 0 N–H and O–H groups in total. The van der Waals surface area contributed by atoms with Gasteiger partial charge in [-0.05, 0) is 26.2 Å². The van der Waals surface area contributed by atoms with Gasteiger partial charge in [0, 0.05) is 25.7 Å². The number of alkyl halides is 1. The lowest BCUT2D eigenvalue weighted by atomic mass is 10.1. The summed E-state index contributed by atoms with van der Waals surface area (Å²) in [5.74, 6) is 0.782. The lowest BCUT2D eigenvalue weighted by Gasteiger charge is -2.06. The molecule has 72 valence electrons. The summed E-state index contributed by atoms with van der Waals surface area (Å²) in [4.78, 5) is 0. The molecule has 3 heteroatoms. The minimum absolute atomic E-state index is 0.782. The SMILES string of the molecule is C/C(CCCCCCl)=N\N(C)C. The number of halogens is 1. The van der Waals surface area contributed by atoms with Crippen LogP contribution in [-0.4, -0.2) is 30.7 Å². The highest BCUT2D eigenvalue weighted by Gasteiger charge is 1.93. The van der Waals surface area contributed by atoms with Gasteiger partial charge < -0.3 is 5.01 Å². The Labute approximate surface area is 80.6 Å². The monoisotopic (exact) mass is 190 g/mol. The fraction of sp³-hybridized carbons (Fsp3) is 0.889. The van der Waals surface area contributed by atoms with Crippen LogP contribution in [0.25, 0.3) is 0 Å². The molecule has 0 aliphatic rings. The maximum atomic E-state index is 5.56. The normalized spacial score (nSPS) is 11.8. The van der Waals surface area contributed by atoms with Crippen molar-refractivity contribution in [1.82, 2.24) is 5.01 Å². The van der Waals surface area contributed by atoms with Crippen molar-refractivity contribution in [2.24, 2.45) is 5.10 Å². The summed E-state index contributed by atoms with van der Waals surface area (Å²) in [5.41, 5.74) is 1.20. The van der Waals surface area contributed by atoms with E-state index in [1.54, 1.807) is 0 Å². The average molecular weight is 191 g/mol. The first-order chi connectivity index (χ1) is 5.66. The molecular formula is C9H19ClN2. The van der Waals surface area contributed by atoms with Gasteiger partial charge in [-0.15, -0.1) is 11.6 Å². The van der Waals surface area contributed by atoms with Crippen molar-refractivity contribution in [3.63, 3.8) is 0 Å². The van der Waals surface area contributed by atoms with Gasteiger partial charge in [-0.3, -0.25) is 0 Å². The molecule has 0 saturated heterocycles. The van der Waals surface area contributed by atoms with Crippen LogP contribution >= 0.6 is 11.6 Å². The lowest BCUT2D eigenvalue weighted by molar-refractivity contribution is 0.435. The fourth-order valence-electron chi connectivity index (χ4n) is 1.04. The Balaban J connectivity index is 3.37. The first-order valence-corrected chi connectivity index (χ1v) is 4.97. The Hall–Kier alpha value is -0.240. The topological polar surface area (TPSA) is 15.6 Å². The summed E-state index contributed by atoms with van der Waals surface area (Å²) in [5, 5.41) is 6.14. The predicted octanol–water partition coefficient (Wildman–Crippen LogP) is 2.72. The highest BCUT2D eigenvalue weighted by molar-refractivity contribution is 6.17. The predicted molar refractivity (Wildman–Crippen MR) is 56.0 cm³/mol. The van der Waals surface area contributed by atoms with E-state index in [9.17, 15) is 0 Å². The summed E-state index contributed by atoms with van der Waals surface area (Å²) in [6.45, 7) is 2.07. The number of nitrogens with zero attached hydrogens (tertiary/aromatic N) is 2. The smallest absolute Gasteiger partial charge is 0.0349 e. The van der Waals surface area contributed by atoms with Gasteiger partial charge in [0.05, 0.1) is 0 Å². The second kappa shape index (κ2) is 7.41. The number of hydrogen-bond acceptors (Lipinski definition) is 2. The molecule has 0 radical (unpaired) electrons. The lowest BCUT2D eigenvalue weighted by Crippen LogP contribution is -2.06. The van der Waals surface area contributed by atoms with E-state index in [4.69, 9.17) is 11.6 Å². The minimum Gasteiger partial charge on any atom is -0.303 e. The molecular weight excluding hydrogens is 172 g/mol. The first-order valence-electron chi connectivity index (χ1n) is 4.44. The maximum absolute atomic E-state index is 5.56. The van der Waals surface area contributed by atoms with Gasteiger partial charge in [0.1, 0.15) is 0 Å². The van der Waals surface area contributed by atoms with E-state index in [-0.39, 0.29) is 0 Å². The number of unbranched alkanes of at least 4 members (excludes halogenated alkanes) is 2. The van der Waals surface area contributed by atoms with Gasteiger partial charge in [-0.25, -0.2) is 0 Å². The van der Waals surface area contributed by atoms with Crippen molar-refractivity contribution < 1.29 is 0 Å². The molecule has 0 spiro atoms. The van der Waals surface area contributed by atoms with Crippen molar-refractivity contribution in [3.8, 4) is 0 Å². The maximum Gasteiger partial charge on any atom is 0.0349 e. The average Bonchev–Trinajstić information content (AvgIpc) is 1.97. The molecule has 0 fully saturated rings. The highest BCUT2D eigenvalue weighted by atomic mass is 35.5. The molecule has 0 aromatic carbocycles. The Morgan fingerprint density at radius 2 is 1.92 bits per heavy atom. The van der Waals surface area contributed by atoms with Crippen molar-refractivity contribution in [3.05, 3.63) is 0 Å². The Morgan fingerprint density at radius 1 is 1.25 bits per heavy atom. The Morgan fingerprint density at radius 3 is 2.42 bits per heavy atom. The van der Waals surface area contributed by atoms with Crippen LogP contribution in [-0.2, 0) is 0 Å². The van der Waals surface area contributed by atoms with E-state index in [1.807, 2.05) is 19.1 Å². The quantitative estimate of drug-likeness (QED) is 0.272. The Kier molecular flexibility index (Phi) is 7.26. The fourth-order valence-corrected chi connectivity index (χ4v) is 1.23. The summed E-state index contributed by atoms with van der Waals surface area (Å²) >= 11 is 5.56. The molecule has 0 saturated carbocycles. The first kappa shape index (κ1) is 11.8. The summed E-state index contributed by atoms with van der Waals surface area (Å²) < 4.78 is 0. The van der Waals surface area contributed by atoms with Gasteiger partial charge in [0.15, 0.2) is 0 Å². The van der Waals surface area contributed by atoms with E-state index in [0.29, 0.717) is 0 Å². The van der Waals surface area contributed by atoms with Crippen molar-refractivity contribution in [2.45, 2.75) is 32.6 Å². The third-order valence-corrected chi connectivity index (χ3v) is 1.81. The molecule has 0 amide bonds. The number of rotatable bonds is 6.